The van der Waals surface area contributed by atoms with E-state index in [9.17, 15) is 13.2 Å². The van der Waals surface area contributed by atoms with Crippen LogP contribution in [0.1, 0.15) is 11.1 Å². The van der Waals surface area contributed by atoms with Crippen LogP contribution in [0.2, 0.25) is 5.02 Å². The maximum Gasteiger partial charge on any atom is 0.417 e. The molecule has 23 heavy (non-hydrogen) atoms. The van der Waals surface area contributed by atoms with E-state index in [2.05, 4.69) is 26.1 Å². The molecule has 0 atom stereocenters. The molecule has 1 aromatic carbocycles. The fourth-order valence-corrected chi connectivity index (χ4v) is 2.64. The molecular weight excluding hydrogens is 399 g/mol. The quantitative estimate of drug-likeness (QED) is 0.630. The highest BCUT2D eigenvalue weighted by molar-refractivity contribution is 9.10. The summed E-state index contributed by atoms with van der Waals surface area (Å²) in [5.74, 6) is 0.0787. The predicted molar refractivity (Wildman–Crippen MR) is 81.5 cm³/mol. The van der Waals surface area contributed by atoms with E-state index in [1.54, 1.807) is 23.0 Å². The smallest absolute Gasteiger partial charge is 0.417 e. The second-order valence-corrected chi connectivity index (χ2v) is 5.93. The number of aromatic nitrogens is 3. The van der Waals surface area contributed by atoms with Crippen molar-refractivity contribution in [2.24, 2.45) is 0 Å². The number of hydrogen-bond acceptors (Lipinski definition) is 3. The summed E-state index contributed by atoms with van der Waals surface area (Å²) < 4.78 is 46.4. The topological polar surface area (TPSA) is 39.4 Å². The molecule has 0 N–H and O–H groups in total. The SMILES string of the molecule is FC(F)(F)c1cc(OCc2cc3nncn3cc2Br)ccc1Cl. The van der Waals surface area contributed by atoms with Gasteiger partial charge in [-0.1, -0.05) is 11.6 Å². The fourth-order valence-electron chi connectivity index (χ4n) is 1.97. The van der Waals surface area contributed by atoms with Crippen LogP contribution in [0.25, 0.3) is 5.65 Å². The van der Waals surface area contributed by atoms with Crippen LogP contribution in [-0.4, -0.2) is 14.6 Å². The normalized spacial score (nSPS) is 11.9. The van der Waals surface area contributed by atoms with Gasteiger partial charge >= 0.3 is 6.18 Å². The van der Waals surface area contributed by atoms with Gasteiger partial charge in [0.15, 0.2) is 5.65 Å². The lowest BCUT2D eigenvalue weighted by Gasteiger charge is -2.12. The maximum atomic E-state index is 12.8. The van der Waals surface area contributed by atoms with Crippen molar-refractivity contribution in [3.63, 3.8) is 0 Å². The third-order valence-electron chi connectivity index (χ3n) is 3.10. The summed E-state index contributed by atoms with van der Waals surface area (Å²) in [6, 6.07) is 5.17. The van der Waals surface area contributed by atoms with Crippen LogP contribution in [0, 0.1) is 0 Å². The van der Waals surface area contributed by atoms with Crippen LogP contribution in [0.4, 0.5) is 13.2 Å². The van der Waals surface area contributed by atoms with Crippen molar-refractivity contribution < 1.29 is 17.9 Å². The van der Waals surface area contributed by atoms with Gasteiger partial charge in [0.05, 0.1) is 10.6 Å². The van der Waals surface area contributed by atoms with Gasteiger partial charge < -0.3 is 4.74 Å². The first kappa shape index (κ1) is 16.1. The maximum absolute atomic E-state index is 12.8. The Balaban J connectivity index is 1.83. The number of benzene rings is 1. The molecule has 0 bridgehead atoms. The first-order chi connectivity index (χ1) is 10.8. The van der Waals surface area contributed by atoms with Gasteiger partial charge in [0, 0.05) is 16.2 Å². The molecule has 4 nitrogen and oxygen atoms in total. The van der Waals surface area contributed by atoms with E-state index in [1.807, 2.05) is 0 Å². The van der Waals surface area contributed by atoms with Gasteiger partial charge in [-0.05, 0) is 40.2 Å². The number of halogens is 5. The van der Waals surface area contributed by atoms with Crippen LogP contribution < -0.4 is 4.74 Å². The molecule has 0 saturated heterocycles. The molecule has 120 valence electrons. The molecule has 0 unspecified atom stereocenters. The molecule has 3 rings (SSSR count). The molecule has 2 heterocycles. The largest absolute Gasteiger partial charge is 0.489 e. The predicted octanol–water partition coefficient (Wildman–Crippen LogP) is 4.74. The Bertz CT molecular complexity index is 866. The zero-order valence-corrected chi connectivity index (χ0v) is 13.7. The molecular formula is C14H8BrClF3N3O. The highest BCUT2D eigenvalue weighted by atomic mass is 79.9. The van der Waals surface area contributed by atoms with Crippen LogP contribution in [0.3, 0.4) is 0 Å². The average molecular weight is 407 g/mol. The van der Waals surface area contributed by atoms with E-state index in [1.165, 1.54) is 6.07 Å². The third-order valence-corrected chi connectivity index (χ3v) is 4.14. The third kappa shape index (κ3) is 3.42. The van der Waals surface area contributed by atoms with Gasteiger partial charge in [-0.15, -0.1) is 10.2 Å². The van der Waals surface area contributed by atoms with Crippen molar-refractivity contribution in [3.05, 3.63) is 57.4 Å². The number of ether oxygens (including phenoxy) is 1. The summed E-state index contributed by atoms with van der Waals surface area (Å²) in [7, 11) is 0. The van der Waals surface area contributed by atoms with E-state index in [0.717, 1.165) is 22.2 Å². The monoisotopic (exact) mass is 405 g/mol. The highest BCUT2D eigenvalue weighted by Crippen LogP contribution is 2.37. The summed E-state index contributed by atoms with van der Waals surface area (Å²) in [4.78, 5) is 0. The molecule has 0 amide bonds. The second-order valence-electron chi connectivity index (χ2n) is 4.67. The van der Waals surface area contributed by atoms with Gasteiger partial charge in [-0.2, -0.15) is 13.2 Å². The van der Waals surface area contributed by atoms with Gasteiger partial charge in [0.2, 0.25) is 0 Å². The van der Waals surface area contributed by atoms with Gasteiger partial charge in [0.1, 0.15) is 18.7 Å². The summed E-state index contributed by atoms with van der Waals surface area (Å²) >= 11 is 8.95. The van der Waals surface area contributed by atoms with Crippen LogP contribution in [-0.2, 0) is 12.8 Å². The minimum atomic E-state index is -4.53. The number of hydrogen-bond donors (Lipinski definition) is 0. The van der Waals surface area contributed by atoms with E-state index in [-0.39, 0.29) is 17.4 Å². The van der Waals surface area contributed by atoms with E-state index < -0.39 is 11.7 Å². The molecule has 0 fully saturated rings. The van der Waals surface area contributed by atoms with Gasteiger partial charge in [-0.3, -0.25) is 4.40 Å². The van der Waals surface area contributed by atoms with Crippen molar-refractivity contribution in [1.82, 2.24) is 14.6 Å². The van der Waals surface area contributed by atoms with E-state index in [0.29, 0.717) is 5.65 Å². The lowest BCUT2D eigenvalue weighted by Crippen LogP contribution is -2.06. The van der Waals surface area contributed by atoms with Crippen LogP contribution in [0.15, 0.2) is 41.3 Å². The highest BCUT2D eigenvalue weighted by Gasteiger charge is 2.33. The zero-order chi connectivity index (χ0) is 16.6. The van der Waals surface area contributed by atoms with Crippen molar-refractivity contribution in [2.45, 2.75) is 12.8 Å². The van der Waals surface area contributed by atoms with Crippen LogP contribution >= 0.6 is 27.5 Å². The second kappa shape index (κ2) is 6.01. The van der Waals surface area contributed by atoms with Gasteiger partial charge in [-0.25, -0.2) is 0 Å². The van der Waals surface area contributed by atoms with Crippen LogP contribution in [0.5, 0.6) is 5.75 Å². The molecule has 0 saturated carbocycles. The number of fused-ring (bicyclic) bond motifs is 1. The first-order valence-electron chi connectivity index (χ1n) is 6.32. The Morgan fingerprint density at radius 1 is 1.26 bits per heavy atom. The first-order valence-corrected chi connectivity index (χ1v) is 7.49. The van der Waals surface area contributed by atoms with Crippen molar-refractivity contribution in [1.29, 1.82) is 0 Å². The molecule has 0 spiro atoms. The van der Waals surface area contributed by atoms with E-state index in [4.69, 9.17) is 16.3 Å². The van der Waals surface area contributed by atoms with Crippen molar-refractivity contribution in [3.8, 4) is 5.75 Å². The molecule has 0 aliphatic heterocycles. The van der Waals surface area contributed by atoms with Gasteiger partial charge in [0.25, 0.3) is 0 Å². The summed E-state index contributed by atoms with van der Waals surface area (Å²) in [6.07, 6.45) is -1.24. The van der Waals surface area contributed by atoms with E-state index >= 15 is 0 Å². The number of alkyl halides is 3. The Morgan fingerprint density at radius 2 is 2.04 bits per heavy atom. The Hall–Kier alpha value is -1.80. The molecule has 3 aromatic rings. The summed E-state index contributed by atoms with van der Waals surface area (Å²) in [5, 5.41) is 7.30. The number of pyridine rings is 1. The molecule has 2 aromatic heterocycles. The lowest BCUT2D eigenvalue weighted by molar-refractivity contribution is -0.137. The average Bonchev–Trinajstić information content (AvgIpc) is 2.92. The Labute approximate surface area is 142 Å². The summed E-state index contributed by atoms with van der Waals surface area (Å²) in [5.41, 5.74) is 0.413. The minimum absolute atomic E-state index is 0.0723. The molecule has 0 aliphatic rings. The molecule has 0 aliphatic carbocycles. The molecule has 0 radical (unpaired) electrons. The standard InChI is InChI=1S/C14H8BrClF3N3O/c15-11-5-22-7-20-21-13(22)3-8(11)6-23-9-1-2-12(16)10(4-9)14(17,18)19/h1-5,7H,6H2. The zero-order valence-electron chi connectivity index (χ0n) is 11.3. The minimum Gasteiger partial charge on any atom is -0.489 e. The summed E-state index contributed by atoms with van der Waals surface area (Å²) in [6.45, 7) is 0.0723. The number of rotatable bonds is 3. The Morgan fingerprint density at radius 3 is 2.78 bits per heavy atom. The lowest BCUT2D eigenvalue weighted by atomic mass is 10.2. The number of nitrogens with zero attached hydrogens (tertiary/aromatic N) is 3. The Kier molecular flexibility index (Phi) is 4.20. The molecule has 9 heteroatoms. The van der Waals surface area contributed by atoms with Crippen molar-refractivity contribution >= 4 is 33.2 Å². The van der Waals surface area contributed by atoms with Crippen molar-refractivity contribution in [2.75, 3.05) is 0 Å². The fraction of sp³-hybridized carbons (Fsp3) is 0.143.